The third-order valence-electron chi connectivity index (χ3n) is 10.7. The highest BCUT2D eigenvalue weighted by atomic mass is 32.2. The molecule has 0 aliphatic heterocycles. The number of rotatable bonds is 16. The van der Waals surface area contributed by atoms with Gasteiger partial charge in [-0.1, -0.05) is 125 Å². The molecule has 278 valence electrons. The van der Waals surface area contributed by atoms with Crippen molar-refractivity contribution >= 4 is 35.4 Å². The van der Waals surface area contributed by atoms with E-state index in [4.69, 9.17) is 5.73 Å². The molecule has 3 aromatic carbocycles. The minimum atomic E-state index is -1.04. The van der Waals surface area contributed by atoms with Gasteiger partial charge in [0.15, 0.2) is 0 Å². The van der Waals surface area contributed by atoms with Gasteiger partial charge in [0.1, 0.15) is 12.1 Å². The van der Waals surface area contributed by atoms with E-state index in [0.717, 1.165) is 36.0 Å². The van der Waals surface area contributed by atoms with Crippen LogP contribution in [0.4, 0.5) is 0 Å². The molecule has 6 N–H and O–H groups in total. The maximum atomic E-state index is 14.2. The fourth-order valence-electron chi connectivity index (χ4n) is 7.84. The lowest BCUT2D eigenvalue weighted by Gasteiger charge is -2.50. The molecular weight excluding hydrogens is 671 g/mol. The van der Waals surface area contributed by atoms with Crippen molar-refractivity contribution in [3.63, 3.8) is 0 Å². The SMILES string of the molecule is CC(C)C[C@H](NC(=O)[C@H](C)N)C(=O)N[C@@H](CSC(c1ccccc1)(c1ccccc1)c1ccccc1)C(=O)NCC(=O)NC12CC(CCC[C@@H]1C)C2. The monoisotopic (exact) mass is 725 g/mol. The second-order valence-corrected chi connectivity index (χ2v) is 16.4. The van der Waals surface area contributed by atoms with Crippen LogP contribution in [0.1, 0.15) is 82.9 Å². The number of hydrogen-bond acceptors (Lipinski definition) is 6. The van der Waals surface area contributed by atoms with Crippen LogP contribution in [0.3, 0.4) is 0 Å². The number of benzene rings is 3. The van der Waals surface area contributed by atoms with Crippen LogP contribution in [0.2, 0.25) is 0 Å². The first-order valence-electron chi connectivity index (χ1n) is 18.7. The normalized spacial score (nSPS) is 21.4. The van der Waals surface area contributed by atoms with Crippen molar-refractivity contribution in [1.29, 1.82) is 0 Å². The third-order valence-corrected chi connectivity index (χ3v) is 12.3. The topological polar surface area (TPSA) is 142 Å². The quantitative estimate of drug-likeness (QED) is 0.127. The molecule has 4 amide bonds. The highest BCUT2D eigenvalue weighted by Gasteiger charge is 2.50. The van der Waals surface area contributed by atoms with E-state index >= 15 is 0 Å². The first-order valence-corrected chi connectivity index (χ1v) is 19.7. The van der Waals surface area contributed by atoms with Crippen LogP contribution in [0.25, 0.3) is 0 Å². The van der Waals surface area contributed by atoms with Gasteiger partial charge < -0.3 is 27.0 Å². The Hall–Kier alpha value is -4.15. The number of thioether (sulfide) groups is 1. The van der Waals surface area contributed by atoms with Crippen LogP contribution in [-0.4, -0.2) is 59.6 Å². The Morgan fingerprint density at radius 1 is 0.769 bits per heavy atom. The zero-order valence-corrected chi connectivity index (χ0v) is 31.7. The van der Waals surface area contributed by atoms with Crippen molar-refractivity contribution in [1.82, 2.24) is 21.3 Å². The van der Waals surface area contributed by atoms with Gasteiger partial charge in [0.25, 0.3) is 0 Å². The molecule has 3 fully saturated rings. The van der Waals surface area contributed by atoms with Crippen LogP contribution in [0, 0.1) is 17.8 Å². The molecule has 2 bridgehead atoms. The summed E-state index contributed by atoms with van der Waals surface area (Å²) in [6.07, 6.45) is 5.78. The number of carbonyl (C=O) groups excluding carboxylic acids is 4. The standard InChI is InChI=1S/C42H55N5O4S/c1-28(2)23-35(45-38(49)30(4)43)40(51)46-36(39(50)44-26-37(48)47-41-24-31(25-41)16-14-15-29(41)3)27-52-42(32-17-8-5-9-18-32,33-19-10-6-11-20-33)34-21-12-7-13-22-34/h5-13,17-22,28-31,35-36H,14-16,23-27,43H2,1-4H3,(H,44,50)(H,45,49)(H,46,51)(H,47,48)/t29-,30-,31?,35-,36-,41?/m0/s1. The molecule has 0 saturated heterocycles. The van der Waals surface area contributed by atoms with E-state index in [-0.39, 0.29) is 29.7 Å². The lowest BCUT2D eigenvalue weighted by Crippen LogP contribution is -2.62. The Bertz CT molecular complexity index is 1550. The lowest BCUT2D eigenvalue weighted by atomic mass is 9.63. The lowest BCUT2D eigenvalue weighted by molar-refractivity contribution is -0.133. The van der Waals surface area contributed by atoms with E-state index in [1.54, 1.807) is 6.92 Å². The van der Waals surface area contributed by atoms with Crippen molar-refractivity contribution in [2.24, 2.45) is 23.5 Å². The Morgan fingerprint density at radius 3 is 1.79 bits per heavy atom. The Labute approximate surface area is 313 Å². The second-order valence-electron chi connectivity index (χ2n) is 15.2. The summed E-state index contributed by atoms with van der Waals surface area (Å²) in [5.74, 6) is -0.369. The second kappa shape index (κ2) is 17.6. The first-order chi connectivity index (χ1) is 24.9. The van der Waals surface area contributed by atoms with Gasteiger partial charge in [0.05, 0.1) is 17.3 Å². The van der Waals surface area contributed by atoms with Gasteiger partial charge in [-0.2, -0.15) is 0 Å². The van der Waals surface area contributed by atoms with E-state index in [1.165, 1.54) is 24.6 Å². The van der Waals surface area contributed by atoms with Crippen LogP contribution in [0.5, 0.6) is 0 Å². The van der Waals surface area contributed by atoms with Crippen LogP contribution >= 0.6 is 11.8 Å². The number of nitrogens with one attached hydrogen (secondary N) is 4. The molecule has 52 heavy (non-hydrogen) atoms. The van der Waals surface area contributed by atoms with Gasteiger partial charge in [-0.05, 0) is 67.1 Å². The minimum absolute atomic E-state index is 0.0771. The summed E-state index contributed by atoms with van der Waals surface area (Å²) in [5, 5.41) is 11.9. The molecule has 4 atom stereocenters. The number of amides is 4. The van der Waals surface area contributed by atoms with Gasteiger partial charge in [0, 0.05) is 11.3 Å². The summed E-state index contributed by atoms with van der Waals surface area (Å²) in [4.78, 5) is 54.1. The fraction of sp³-hybridized carbons (Fsp3) is 0.476. The molecule has 3 aliphatic rings. The number of carbonyl (C=O) groups is 4. The molecule has 6 rings (SSSR count). The predicted octanol–water partition coefficient (Wildman–Crippen LogP) is 5.28. The van der Waals surface area contributed by atoms with E-state index in [2.05, 4.69) is 64.6 Å². The smallest absolute Gasteiger partial charge is 0.243 e. The highest BCUT2D eigenvalue weighted by molar-refractivity contribution is 8.00. The van der Waals surface area contributed by atoms with Crippen molar-refractivity contribution < 1.29 is 19.2 Å². The van der Waals surface area contributed by atoms with Crippen molar-refractivity contribution in [2.45, 2.75) is 94.6 Å². The highest BCUT2D eigenvalue weighted by Crippen LogP contribution is 2.50. The zero-order chi connectivity index (χ0) is 37.3. The molecule has 0 aromatic heterocycles. The minimum Gasteiger partial charge on any atom is -0.349 e. The van der Waals surface area contributed by atoms with Crippen molar-refractivity contribution in [3.8, 4) is 0 Å². The Balaban J connectivity index is 1.43. The van der Waals surface area contributed by atoms with Crippen LogP contribution < -0.4 is 27.0 Å². The molecule has 0 heterocycles. The van der Waals surface area contributed by atoms with Gasteiger partial charge in [0.2, 0.25) is 23.6 Å². The Kier molecular flexibility index (Phi) is 13.2. The third kappa shape index (κ3) is 9.25. The number of nitrogens with two attached hydrogens (primary N) is 1. The number of hydrogen-bond donors (Lipinski definition) is 5. The van der Waals surface area contributed by atoms with E-state index in [1.807, 2.05) is 68.4 Å². The summed E-state index contributed by atoms with van der Waals surface area (Å²) >= 11 is 1.54. The molecule has 10 heteroatoms. The maximum Gasteiger partial charge on any atom is 0.243 e. The van der Waals surface area contributed by atoms with E-state index < -0.39 is 40.6 Å². The molecule has 3 aliphatic carbocycles. The fourth-order valence-corrected chi connectivity index (χ4v) is 9.40. The summed E-state index contributed by atoms with van der Waals surface area (Å²) in [7, 11) is 0. The number of fused-ring (bicyclic) bond motifs is 3. The summed E-state index contributed by atoms with van der Waals surface area (Å²) in [5.41, 5.74) is 8.67. The molecule has 3 saturated carbocycles. The average Bonchev–Trinajstić information content (AvgIpc) is 3.38. The summed E-state index contributed by atoms with van der Waals surface area (Å²) < 4.78 is -0.750. The Morgan fingerprint density at radius 2 is 1.29 bits per heavy atom. The molecule has 3 aromatic rings. The van der Waals surface area contributed by atoms with Gasteiger partial charge in [-0.15, -0.1) is 11.8 Å². The van der Waals surface area contributed by atoms with Gasteiger partial charge in [-0.25, -0.2) is 0 Å². The molecule has 9 nitrogen and oxygen atoms in total. The van der Waals surface area contributed by atoms with Crippen LogP contribution in [-0.2, 0) is 23.9 Å². The maximum absolute atomic E-state index is 14.2. The van der Waals surface area contributed by atoms with Crippen molar-refractivity contribution in [2.75, 3.05) is 12.3 Å². The first kappa shape index (κ1) is 39.1. The van der Waals surface area contributed by atoms with Crippen LogP contribution in [0.15, 0.2) is 91.0 Å². The van der Waals surface area contributed by atoms with E-state index in [0.29, 0.717) is 18.3 Å². The summed E-state index contributed by atoms with van der Waals surface area (Å²) in [6, 6.07) is 27.6. The predicted molar refractivity (Wildman–Crippen MR) is 208 cm³/mol. The average molecular weight is 726 g/mol. The van der Waals surface area contributed by atoms with Crippen molar-refractivity contribution in [3.05, 3.63) is 108 Å². The van der Waals surface area contributed by atoms with Gasteiger partial charge in [-0.3, -0.25) is 19.2 Å². The summed E-state index contributed by atoms with van der Waals surface area (Å²) in [6.45, 7) is 7.49. The molecule has 0 radical (unpaired) electrons. The molecule has 0 unspecified atom stereocenters. The molecule has 0 spiro atoms. The van der Waals surface area contributed by atoms with E-state index in [9.17, 15) is 19.2 Å². The molecular formula is C42H55N5O4S. The largest absolute Gasteiger partial charge is 0.349 e. The zero-order valence-electron chi connectivity index (χ0n) is 30.9. The van der Waals surface area contributed by atoms with Gasteiger partial charge >= 0.3 is 0 Å².